The second kappa shape index (κ2) is 9.67. The van der Waals surface area contributed by atoms with Crippen LogP contribution in [0.25, 0.3) is 16.3 Å². The standard InChI is InChI=1S/C27H26N4O4S/c1-33-21-7-5-20(6-8-21)31-23(16-22(28-31)26-3-2-14-36-26)27(32)30-12-10-29(11-13-30)17-19-4-9-24-25(15-19)35-18-34-24/h2-9,14-16H,10-13,17-18H2,1H3. The van der Waals surface area contributed by atoms with E-state index in [2.05, 4.69) is 11.0 Å². The average molecular weight is 503 g/mol. The van der Waals surface area contributed by atoms with Gasteiger partial charge in [-0.05, 0) is 59.5 Å². The molecule has 8 nitrogen and oxygen atoms in total. The molecule has 2 aliphatic rings. The molecule has 0 saturated carbocycles. The van der Waals surface area contributed by atoms with Crippen molar-refractivity contribution in [2.75, 3.05) is 40.1 Å². The highest BCUT2D eigenvalue weighted by Crippen LogP contribution is 2.33. The number of fused-ring (bicyclic) bond motifs is 1. The zero-order valence-electron chi connectivity index (χ0n) is 19.9. The molecule has 0 atom stereocenters. The van der Waals surface area contributed by atoms with Crippen LogP contribution in [0.5, 0.6) is 17.2 Å². The minimum atomic E-state index is -0.0103. The monoisotopic (exact) mass is 502 g/mol. The zero-order chi connectivity index (χ0) is 24.5. The van der Waals surface area contributed by atoms with Gasteiger partial charge in [-0.1, -0.05) is 12.1 Å². The Balaban J connectivity index is 1.19. The number of hydrogen-bond donors (Lipinski definition) is 0. The average Bonchev–Trinajstić information content (AvgIpc) is 3.69. The molecule has 2 aromatic carbocycles. The van der Waals surface area contributed by atoms with Crippen LogP contribution in [0.2, 0.25) is 0 Å². The van der Waals surface area contributed by atoms with Crippen LogP contribution in [0.3, 0.4) is 0 Å². The summed E-state index contributed by atoms with van der Waals surface area (Å²) in [7, 11) is 1.64. The van der Waals surface area contributed by atoms with Gasteiger partial charge in [-0.2, -0.15) is 5.10 Å². The highest BCUT2D eigenvalue weighted by Gasteiger charge is 2.27. The van der Waals surface area contributed by atoms with Crippen molar-refractivity contribution in [2.45, 2.75) is 6.54 Å². The molecule has 1 amide bonds. The second-order valence-electron chi connectivity index (χ2n) is 8.76. The first-order valence-corrected chi connectivity index (χ1v) is 12.7. The smallest absolute Gasteiger partial charge is 0.272 e. The summed E-state index contributed by atoms with van der Waals surface area (Å²) in [6.07, 6.45) is 0. The van der Waals surface area contributed by atoms with Crippen LogP contribution in [0.1, 0.15) is 16.1 Å². The van der Waals surface area contributed by atoms with Crippen molar-refractivity contribution >= 4 is 17.2 Å². The third-order valence-electron chi connectivity index (χ3n) is 6.52. The van der Waals surface area contributed by atoms with E-state index >= 15 is 0 Å². The van der Waals surface area contributed by atoms with E-state index in [1.54, 1.807) is 23.1 Å². The Hall–Kier alpha value is -3.82. The maximum atomic E-state index is 13.7. The molecule has 4 heterocycles. The fraction of sp³-hybridized carbons (Fsp3) is 0.259. The molecular weight excluding hydrogens is 476 g/mol. The number of carbonyl (C=O) groups excluding carboxylic acids is 1. The quantitative estimate of drug-likeness (QED) is 0.392. The van der Waals surface area contributed by atoms with Gasteiger partial charge in [0.05, 0.1) is 17.7 Å². The number of rotatable bonds is 6. The van der Waals surface area contributed by atoms with Crippen molar-refractivity contribution in [2.24, 2.45) is 0 Å². The van der Waals surface area contributed by atoms with E-state index in [1.807, 2.05) is 64.9 Å². The van der Waals surface area contributed by atoms with Gasteiger partial charge in [0.1, 0.15) is 17.1 Å². The molecule has 0 bridgehead atoms. The number of hydrogen-bond acceptors (Lipinski definition) is 7. The number of piperazine rings is 1. The lowest BCUT2D eigenvalue weighted by molar-refractivity contribution is 0.0619. The summed E-state index contributed by atoms with van der Waals surface area (Å²) in [6.45, 7) is 4.01. The molecule has 4 aromatic rings. The third kappa shape index (κ3) is 4.43. The first-order chi connectivity index (χ1) is 17.7. The topological polar surface area (TPSA) is 69.1 Å². The molecule has 0 unspecified atom stereocenters. The molecule has 0 spiro atoms. The Morgan fingerprint density at radius 2 is 1.81 bits per heavy atom. The SMILES string of the molecule is COc1ccc(-n2nc(-c3cccs3)cc2C(=O)N2CCN(Cc3ccc4c(c3)OCO4)CC2)cc1. The molecule has 0 aliphatic carbocycles. The predicted molar refractivity (Wildman–Crippen MR) is 137 cm³/mol. The van der Waals surface area contributed by atoms with Gasteiger partial charge in [-0.3, -0.25) is 9.69 Å². The third-order valence-corrected chi connectivity index (χ3v) is 7.41. The molecular formula is C27H26N4O4S. The van der Waals surface area contributed by atoms with Crippen LogP contribution in [0, 0.1) is 0 Å². The number of benzene rings is 2. The largest absolute Gasteiger partial charge is 0.497 e. The van der Waals surface area contributed by atoms with E-state index in [0.717, 1.165) is 53.1 Å². The van der Waals surface area contributed by atoms with Crippen LogP contribution in [-0.2, 0) is 6.54 Å². The predicted octanol–water partition coefficient (Wildman–Crippen LogP) is 4.30. The van der Waals surface area contributed by atoms with Crippen molar-refractivity contribution in [1.82, 2.24) is 19.6 Å². The number of aromatic nitrogens is 2. The Bertz CT molecular complexity index is 1360. The molecule has 1 fully saturated rings. The maximum absolute atomic E-state index is 13.7. The lowest BCUT2D eigenvalue weighted by Crippen LogP contribution is -2.48. The first kappa shape index (κ1) is 22.6. The van der Waals surface area contributed by atoms with Crippen molar-refractivity contribution in [1.29, 1.82) is 0 Å². The van der Waals surface area contributed by atoms with Gasteiger partial charge in [0.2, 0.25) is 6.79 Å². The van der Waals surface area contributed by atoms with Gasteiger partial charge >= 0.3 is 0 Å². The summed E-state index contributed by atoms with van der Waals surface area (Å²) >= 11 is 1.61. The van der Waals surface area contributed by atoms with Gasteiger partial charge < -0.3 is 19.1 Å². The van der Waals surface area contributed by atoms with Crippen molar-refractivity contribution in [3.05, 3.63) is 77.3 Å². The van der Waals surface area contributed by atoms with Gasteiger partial charge in [0.25, 0.3) is 5.91 Å². The molecule has 9 heteroatoms. The first-order valence-electron chi connectivity index (χ1n) is 11.9. The summed E-state index contributed by atoms with van der Waals surface area (Å²) < 4.78 is 18.0. The number of amides is 1. The Kier molecular flexibility index (Phi) is 6.08. The molecule has 2 aliphatic heterocycles. The molecule has 184 valence electrons. The van der Waals surface area contributed by atoms with Crippen LogP contribution in [0.4, 0.5) is 0 Å². The molecule has 6 rings (SSSR count). The minimum absolute atomic E-state index is 0.0103. The molecule has 1 saturated heterocycles. The number of thiophene rings is 1. The van der Waals surface area contributed by atoms with Crippen molar-refractivity contribution in [3.8, 4) is 33.5 Å². The van der Waals surface area contributed by atoms with E-state index in [0.29, 0.717) is 18.8 Å². The van der Waals surface area contributed by atoms with Gasteiger partial charge in [0.15, 0.2) is 11.5 Å². The van der Waals surface area contributed by atoms with Gasteiger partial charge in [-0.15, -0.1) is 11.3 Å². The minimum Gasteiger partial charge on any atom is -0.497 e. The lowest BCUT2D eigenvalue weighted by atomic mass is 10.1. The summed E-state index contributed by atoms with van der Waals surface area (Å²) in [5, 5.41) is 6.82. The molecule has 2 aromatic heterocycles. The van der Waals surface area contributed by atoms with Crippen LogP contribution in [0.15, 0.2) is 66.0 Å². The summed E-state index contributed by atoms with van der Waals surface area (Å²) in [5.74, 6) is 2.35. The fourth-order valence-electron chi connectivity index (χ4n) is 4.57. The van der Waals surface area contributed by atoms with Crippen molar-refractivity contribution in [3.63, 3.8) is 0 Å². The highest BCUT2D eigenvalue weighted by atomic mass is 32.1. The lowest BCUT2D eigenvalue weighted by Gasteiger charge is -2.34. The normalized spacial score (nSPS) is 15.3. The van der Waals surface area contributed by atoms with Crippen molar-refractivity contribution < 1.29 is 19.0 Å². The zero-order valence-corrected chi connectivity index (χ0v) is 20.7. The maximum Gasteiger partial charge on any atom is 0.272 e. The Labute approximate surface area is 213 Å². The van der Waals surface area contributed by atoms with E-state index < -0.39 is 0 Å². The van der Waals surface area contributed by atoms with E-state index in [4.69, 9.17) is 19.3 Å². The second-order valence-corrected chi connectivity index (χ2v) is 9.71. The number of ether oxygens (including phenoxy) is 3. The number of methoxy groups -OCH3 is 1. The van der Waals surface area contributed by atoms with Gasteiger partial charge in [0, 0.05) is 32.7 Å². The molecule has 0 radical (unpaired) electrons. The van der Waals surface area contributed by atoms with E-state index in [9.17, 15) is 4.79 Å². The Morgan fingerprint density at radius 1 is 1.00 bits per heavy atom. The van der Waals surface area contributed by atoms with Gasteiger partial charge in [-0.25, -0.2) is 4.68 Å². The number of carbonyl (C=O) groups is 1. The van der Waals surface area contributed by atoms with E-state index in [-0.39, 0.29) is 12.7 Å². The molecule has 0 N–H and O–H groups in total. The summed E-state index contributed by atoms with van der Waals surface area (Å²) in [5.41, 5.74) is 3.36. The molecule has 36 heavy (non-hydrogen) atoms. The summed E-state index contributed by atoms with van der Waals surface area (Å²) in [6, 6.07) is 19.6. The summed E-state index contributed by atoms with van der Waals surface area (Å²) in [4.78, 5) is 19.0. The van der Waals surface area contributed by atoms with Crippen LogP contribution >= 0.6 is 11.3 Å². The highest BCUT2D eigenvalue weighted by molar-refractivity contribution is 7.13. The Morgan fingerprint density at radius 3 is 2.56 bits per heavy atom. The van der Waals surface area contributed by atoms with Crippen LogP contribution < -0.4 is 14.2 Å². The fourth-order valence-corrected chi connectivity index (χ4v) is 5.25. The van der Waals surface area contributed by atoms with E-state index in [1.165, 1.54) is 5.56 Å². The number of nitrogens with zero attached hydrogens (tertiary/aromatic N) is 4. The van der Waals surface area contributed by atoms with Crippen LogP contribution in [-0.4, -0.2) is 65.6 Å².